The maximum absolute atomic E-state index is 12.6. The number of hydrogen-bond acceptors (Lipinski definition) is 3. The van der Waals surface area contributed by atoms with E-state index in [0.29, 0.717) is 9.24 Å². The van der Waals surface area contributed by atoms with E-state index in [-0.39, 0.29) is 10.7 Å². The van der Waals surface area contributed by atoms with Crippen LogP contribution in [0.25, 0.3) is 0 Å². The Labute approximate surface area is 121 Å². The second-order valence-electron chi connectivity index (χ2n) is 3.80. The van der Waals surface area contributed by atoms with E-state index in [1.165, 1.54) is 30.5 Å². The molecule has 0 unspecified atom stereocenters. The molecule has 0 aliphatic rings. The molecule has 2 rings (SSSR count). The summed E-state index contributed by atoms with van der Waals surface area (Å²) in [6, 6.07) is 7.27. The third kappa shape index (κ3) is 3.71. The first kappa shape index (κ1) is 14.8. The molecule has 0 aliphatic carbocycles. The Hall–Kier alpha value is -1.60. The highest BCUT2D eigenvalue weighted by molar-refractivity contribution is 7.18. The minimum atomic E-state index is -4.52. The molecule has 0 spiro atoms. The van der Waals surface area contributed by atoms with Crippen LogP contribution < -0.4 is 4.90 Å². The van der Waals surface area contributed by atoms with Gasteiger partial charge in [0.05, 0.1) is 9.21 Å². The Bertz CT molecular complexity index is 600. The lowest BCUT2D eigenvalue weighted by Crippen LogP contribution is -2.39. The van der Waals surface area contributed by atoms with Crippen LogP contribution >= 0.6 is 22.9 Å². The van der Waals surface area contributed by atoms with Gasteiger partial charge in [-0.1, -0.05) is 17.7 Å². The fraction of sp³-hybridized carbons (Fsp3) is 0.167. The van der Waals surface area contributed by atoms with Crippen molar-refractivity contribution in [1.82, 2.24) is 4.98 Å². The summed E-state index contributed by atoms with van der Waals surface area (Å²) in [6.07, 6.45) is -3.19. The molecule has 2 aromatic heterocycles. The molecule has 3 nitrogen and oxygen atoms in total. The topological polar surface area (TPSA) is 33.2 Å². The number of aromatic nitrogens is 1. The van der Waals surface area contributed by atoms with Gasteiger partial charge in [-0.3, -0.25) is 9.69 Å². The molecule has 20 heavy (non-hydrogen) atoms. The van der Waals surface area contributed by atoms with Crippen LogP contribution in [0.5, 0.6) is 0 Å². The number of hydrogen-bond donors (Lipinski definition) is 0. The van der Waals surface area contributed by atoms with Crippen LogP contribution in [0, 0.1) is 0 Å². The second-order valence-corrected chi connectivity index (χ2v) is 5.51. The summed E-state index contributed by atoms with van der Waals surface area (Å²) in [5.74, 6) is -0.836. The fourth-order valence-electron chi connectivity index (χ4n) is 1.51. The van der Waals surface area contributed by atoms with Crippen molar-refractivity contribution < 1.29 is 18.0 Å². The van der Waals surface area contributed by atoms with Gasteiger partial charge in [-0.25, -0.2) is 4.98 Å². The van der Waals surface area contributed by atoms with E-state index in [9.17, 15) is 18.0 Å². The Kier molecular flexibility index (Phi) is 4.29. The molecule has 8 heteroatoms. The smallest absolute Gasteiger partial charge is 0.283 e. The average Bonchev–Trinajstić information content (AvgIpc) is 2.82. The number of pyridine rings is 1. The highest BCUT2D eigenvalue weighted by Crippen LogP contribution is 2.27. The Morgan fingerprint density at radius 2 is 2.05 bits per heavy atom. The summed E-state index contributed by atoms with van der Waals surface area (Å²) >= 11 is 6.62. The third-order valence-electron chi connectivity index (χ3n) is 2.29. The van der Waals surface area contributed by atoms with Crippen LogP contribution in [0.15, 0.2) is 36.5 Å². The summed E-state index contributed by atoms with van der Waals surface area (Å²) in [6.45, 7) is -1.40. The van der Waals surface area contributed by atoms with E-state index in [1.807, 2.05) is 0 Å². The van der Waals surface area contributed by atoms with Crippen LogP contribution in [0.4, 0.5) is 19.0 Å². The molecular formula is C12H8ClF3N2OS. The van der Waals surface area contributed by atoms with Crippen LogP contribution in [-0.4, -0.2) is 23.6 Å². The first-order chi connectivity index (χ1) is 9.37. The van der Waals surface area contributed by atoms with E-state index in [4.69, 9.17) is 11.6 Å². The van der Waals surface area contributed by atoms with Gasteiger partial charge in [0.25, 0.3) is 5.91 Å². The average molecular weight is 321 g/mol. The van der Waals surface area contributed by atoms with Crippen molar-refractivity contribution in [1.29, 1.82) is 0 Å². The normalized spacial score (nSPS) is 11.4. The molecule has 0 N–H and O–H groups in total. The van der Waals surface area contributed by atoms with Crippen molar-refractivity contribution in [3.8, 4) is 0 Å². The quantitative estimate of drug-likeness (QED) is 0.856. The van der Waals surface area contributed by atoms with Gasteiger partial charge in [-0.2, -0.15) is 13.2 Å². The number of carbonyl (C=O) groups excluding carboxylic acids is 1. The molecule has 0 radical (unpaired) electrons. The number of halogens is 4. The second kappa shape index (κ2) is 5.80. The molecule has 0 saturated carbocycles. The maximum Gasteiger partial charge on any atom is 0.406 e. The van der Waals surface area contributed by atoms with Crippen molar-refractivity contribution in [2.45, 2.75) is 6.18 Å². The third-order valence-corrected chi connectivity index (χ3v) is 3.51. The molecule has 0 fully saturated rings. The van der Waals surface area contributed by atoms with Gasteiger partial charge in [0.1, 0.15) is 12.4 Å². The Morgan fingerprint density at radius 3 is 2.55 bits per heavy atom. The first-order valence-electron chi connectivity index (χ1n) is 5.42. The molecule has 0 atom stereocenters. The van der Waals surface area contributed by atoms with Gasteiger partial charge >= 0.3 is 6.18 Å². The van der Waals surface area contributed by atoms with Crippen molar-refractivity contribution >= 4 is 34.7 Å². The minimum absolute atomic E-state index is 0.0562. The summed E-state index contributed by atoms with van der Waals surface area (Å²) in [4.78, 5) is 16.7. The van der Waals surface area contributed by atoms with Crippen molar-refractivity contribution in [3.63, 3.8) is 0 Å². The summed E-state index contributed by atoms with van der Waals surface area (Å²) in [7, 11) is 0. The van der Waals surface area contributed by atoms with Crippen molar-refractivity contribution in [3.05, 3.63) is 45.7 Å². The van der Waals surface area contributed by atoms with E-state index in [1.54, 1.807) is 6.07 Å². The molecule has 0 aromatic carbocycles. The zero-order valence-electron chi connectivity index (χ0n) is 9.89. The summed E-state index contributed by atoms with van der Waals surface area (Å²) in [5.41, 5.74) is 0. The van der Waals surface area contributed by atoms with E-state index < -0.39 is 18.6 Å². The molecule has 2 heterocycles. The molecule has 1 amide bonds. The summed E-state index contributed by atoms with van der Waals surface area (Å²) < 4.78 is 38.2. The Balaban J connectivity index is 2.34. The molecular weight excluding hydrogens is 313 g/mol. The van der Waals surface area contributed by atoms with E-state index >= 15 is 0 Å². The fourth-order valence-corrected chi connectivity index (χ4v) is 2.50. The maximum atomic E-state index is 12.6. The number of amides is 1. The van der Waals surface area contributed by atoms with E-state index in [2.05, 4.69) is 4.98 Å². The first-order valence-corrected chi connectivity index (χ1v) is 6.61. The zero-order chi connectivity index (χ0) is 14.8. The molecule has 106 valence electrons. The molecule has 0 saturated heterocycles. The minimum Gasteiger partial charge on any atom is -0.283 e. The van der Waals surface area contributed by atoms with Gasteiger partial charge in [0.2, 0.25) is 0 Å². The predicted molar refractivity (Wildman–Crippen MR) is 71.3 cm³/mol. The van der Waals surface area contributed by atoms with Gasteiger partial charge < -0.3 is 0 Å². The van der Waals surface area contributed by atoms with Gasteiger partial charge in [-0.15, -0.1) is 11.3 Å². The number of alkyl halides is 3. The lowest BCUT2D eigenvalue weighted by atomic mass is 10.3. The van der Waals surface area contributed by atoms with Crippen LogP contribution in [-0.2, 0) is 0 Å². The lowest BCUT2D eigenvalue weighted by Gasteiger charge is -2.22. The number of thiophene rings is 1. The largest absolute Gasteiger partial charge is 0.406 e. The molecule has 0 bridgehead atoms. The molecule has 2 aromatic rings. The highest BCUT2D eigenvalue weighted by atomic mass is 35.5. The lowest BCUT2D eigenvalue weighted by molar-refractivity contribution is -0.118. The standard InChI is InChI=1S/C12H8ClF3N2OS/c13-9-5-4-8(20-9)11(19)18(7-12(14,15)16)10-3-1-2-6-17-10/h1-6H,7H2. The van der Waals surface area contributed by atoms with Gasteiger partial charge in [0, 0.05) is 6.20 Å². The van der Waals surface area contributed by atoms with Crippen LogP contribution in [0.1, 0.15) is 9.67 Å². The molecule has 0 aliphatic heterocycles. The van der Waals surface area contributed by atoms with Crippen molar-refractivity contribution in [2.75, 3.05) is 11.4 Å². The SMILES string of the molecule is O=C(c1ccc(Cl)s1)N(CC(F)(F)F)c1ccccn1. The van der Waals surface area contributed by atoms with Crippen LogP contribution in [0.3, 0.4) is 0 Å². The zero-order valence-corrected chi connectivity index (χ0v) is 11.5. The monoisotopic (exact) mass is 320 g/mol. The van der Waals surface area contributed by atoms with Gasteiger partial charge in [0.15, 0.2) is 0 Å². The predicted octanol–water partition coefficient (Wildman–Crippen LogP) is 4.01. The Morgan fingerprint density at radius 1 is 1.30 bits per heavy atom. The highest BCUT2D eigenvalue weighted by Gasteiger charge is 2.35. The number of carbonyl (C=O) groups is 1. The van der Waals surface area contributed by atoms with Crippen molar-refractivity contribution in [2.24, 2.45) is 0 Å². The summed E-state index contributed by atoms with van der Waals surface area (Å²) in [5, 5.41) is 0. The van der Waals surface area contributed by atoms with E-state index in [0.717, 1.165) is 11.3 Å². The van der Waals surface area contributed by atoms with Gasteiger partial charge in [-0.05, 0) is 24.3 Å². The number of anilines is 1. The van der Waals surface area contributed by atoms with Crippen LogP contribution in [0.2, 0.25) is 4.34 Å². The number of nitrogens with zero attached hydrogens (tertiary/aromatic N) is 2. The number of rotatable bonds is 3.